The molecule has 0 fully saturated rings. The molecule has 27 heavy (non-hydrogen) atoms. The molecule has 0 heterocycles. The van der Waals surface area contributed by atoms with Gasteiger partial charge in [0.25, 0.3) is 0 Å². The zero-order valence-electron chi connectivity index (χ0n) is 16.6. The lowest BCUT2D eigenvalue weighted by Crippen LogP contribution is -2.27. The maximum absolute atomic E-state index is 11.6. The Morgan fingerprint density at radius 3 is 2.41 bits per heavy atom. The summed E-state index contributed by atoms with van der Waals surface area (Å²) in [5.74, 6) is 5.05. The molecule has 144 valence electrons. The van der Waals surface area contributed by atoms with Crippen LogP contribution in [0.1, 0.15) is 32.6 Å². The Kier molecular flexibility index (Phi) is 11.5. The highest BCUT2D eigenvalue weighted by molar-refractivity contribution is 9.09. The normalized spacial score (nSPS) is 15.9. The van der Waals surface area contributed by atoms with Crippen LogP contribution in [-0.4, -0.2) is 31.6 Å². The number of hydrogen-bond donors (Lipinski definition) is 0. The van der Waals surface area contributed by atoms with Crippen LogP contribution in [0.4, 0.5) is 0 Å². The van der Waals surface area contributed by atoms with E-state index in [1.54, 1.807) is 6.92 Å². The fourth-order valence-electron chi connectivity index (χ4n) is 2.47. The summed E-state index contributed by atoms with van der Waals surface area (Å²) in [6, 6.07) is 0. The van der Waals surface area contributed by atoms with Gasteiger partial charge in [0.15, 0.2) is 6.42 Å². The SMILES string of the molecule is C[Si](C)(C)C#CCBr.[C-]#[N+]C(CC#C)([N+]#[C-])C1=CCC(C(=O)OCC)CC1. The van der Waals surface area contributed by atoms with E-state index in [4.69, 9.17) is 24.3 Å². The highest BCUT2D eigenvalue weighted by Crippen LogP contribution is 2.36. The van der Waals surface area contributed by atoms with Crippen molar-refractivity contribution < 1.29 is 9.53 Å². The van der Waals surface area contributed by atoms with Gasteiger partial charge in [-0.1, -0.05) is 53.5 Å². The van der Waals surface area contributed by atoms with E-state index >= 15 is 0 Å². The van der Waals surface area contributed by atoms with Crippen LogP contribution in [0.2, 0.25) is 19.6 Å². The topological polar surface area (TPSA) is 35.0 Å². The monoisotopic (exact) mass is 446 g/mol. The molecule has 0 aromatic carbocycles. The average molecular weight is 447 g/mol. The van der Waals surface area contributed by atoms with Crippen LogP contribution >= 0.6 is 15.9 Å². The molecule has 0 saturated heterocycles. The summed E-state index contributed by atoms with van der Waals surface area (Å²) in [6.07, 6.45) is 8.84. The summed E-state index contributed by atoms with van der Waals surface area (Å²) in [4.78, 5) is 18.5. The summed E-state index contributed by atoms with van der Waals surface area (Å²) in [5.41, 5.74) is 2.69. The number of carbonyl (C=O) groups is 1. The van der Waals surface area contributed by atoms with Crippen molar-refractivity contribution in [2.75, 3.05) is 11.9 Å². The maximum Gasteiger partial charge on any atom is 0.516 e. The first kappa shape index (κ1) is 25.0. The predicted molar refractivity (Wildman–Crippen MR) is 116 cm³/mol. The van der Waals surface area contributed by atoms with Gasteiger partial charge in [0, 0.05) is 0 Å². The van der Waals surface area contributed by atoms with Crippen molar-refractivity contribution in [3.63, 3.8) is 0 Å². The number of nitrogens with zero attached hydrogens (tertiary/aromatic N) is 2. The lowest BCUT2D eigenvalue weighted by Gasteiger charge is -2.21. The van der Waals surface area contributed by atoms with Gasteiger partial charge < -0.3 is 4.74 Å². The Labute approximate surface area is 173 Å². The molecule has 0 aromatic heterocycles. The third-order valence-corrected chi connectivity index (χ3v) is 5.00. The number of ether oxygens (including phenoxy) is 1. The number of alkyl halides is 1. The second-order valence-corrected chi connectivity index (χ2v) is 12.4. The Balaban J connectivity index is 0.000000713. The lowest BCUT2D eigenvalue weighted by atomic mass is 9.83. The van der Waals surface area contributed by atoms with E-state index in [-0.39, 0.29) is 18.3 Å². The Hall–Kier alpha value is -1.99. The smallest absolute Gasteiger partial charge is 0.466 e. The van der Waals surface area contributed by atoms with Crippen molar-refractivity contribution in [3.8, 4) is 23.8 Å². The molecule has 0 aliphatic heterocycles. The number of esters is 1. The summed E-state index contributed by atoms with van der Waals surface area (Å²) < 4.78 is 4.98. The van der Waals surface area contributed by atoms with Gasteiger partial charge in [-0.2, -0.15) is 0 Å². The van der Waals surface area contributed by atoms with Crippen molar-refractivity contribution in [1.29, 1.82) is 0 Å². The molecule has 6 heteroatoms. The quantitative estimate of drug-likeness (QED) is 0.150. The highest BCUT2D eigenvalue weighted by Gasteiger charge is 2.48. The van der Waals surface area contributed by atoms with E-state index in [9.17, 15) is 4.79 Å². The molecule has 0 N–H and O–H groups in total. The van der Waals surface area contributed by atoms with Crippen LogP contribution in [0.5, 0.6) is 0 Å². The van der Waals surface area contributed by atoms with Gasteiger partial charge in [-0.3, -0.25) is 4.79 Å². The van der Waals surface area contributed by atoms with E-state index in [0.29, 0.717) is 25.9 Å². The van der Waals surface area contributed by atoms with Crippen LogP contribution in [-0.2, 0) is 9.53 Å². The van der Waals surface area contributed by atoms with E-state index in [0.717, 1.165) is 10.9 Å². The second kappa shape index (κ2) is 12.4. The Morgan fingerprint density at radius 2 is 2.07 bits per heavy atom. The van der Waals surface area contributed by atoms with Crippen molar-refractivity contribution >= 4 is 30.0 Å². The molecule has 1 aliphatic rings. The number of halogens is 1. The Bertz CT molecular complexity index is 707. The number of carbonyl (C=O) groups excluding carboxylic acids is 1. The number of hydrogen-bond acceptors (Lipinski definition) is 2. The Morgan fingerprint density at radius 1 is 1.44 bits per heavy atom. The standard InChI is InChI=1S/C15H16N2O2.C6H11BrSi/c1-5-11-15(16-3,17-4)13-9-7-12(8-10-13)14(18)19-6-2;1-8(2,3)6-4-5-7/h1,9,12H,6-8,10-11H2,2H3;5H2,1-3H3. The summed E-state index contributed by atoms with van der Waals surface area (Å²) in [5, 5.41) is 0.817. The molecule has 1 rings (SSSR count). The second-order valence-electron chi connectivity index (χ2n) is 7.06. The first-order valence-electron chi connectivity index (χ1n) is 8.82. The fourth-order valence-corrected chi connectivity index (χ4v) is 3.49. The lowest BCUT2D eigenvalue weighted by molar-refractivity contribution is -0.148. The molecule has 0 radical (unpaired) electrons. The molecule has 0 amide bonds. The van der Waals surface area contributed by atoms with Gasteiger partial charge in [-0.25, -0.2) is 22.8 Å². The van der Waals surface area contributed by atoms with Crippen molar-refractivity contribution in [3.05, 3.63) is 34.5 Å². The van der Waals surface area contributed by atoms with Gasteiger partial charge in [0.05, 0.1) is 23.4 Å². The average Bonchev–Trinajstić information content (AvgIpc) is 2.65. The largest absolute Gasteiger partial charge is 0.516 e. The third kappa shape index (κ3) is 8.97. The van der Waals surface area contributed by atoms with E-state index < -0.39 is 13.7 Å². The summed E-state index contributed by atoms with van der Waals surface area (Å²) in [6.45, 7) is 23.3. The predicted octanol–water partition coefficient (Wildman–Crippen LogP) is 5.10. The fraction of sp³-hybridized carbons (Fsp3) is 0.571. The molecule has 0 bridgehead atoms. The van der Waals surface area contributed by atoms with Gasteiger partial charge in [-0.15, -0.1) is 12.0 Å². The van der Waals surface area contributed by atoms with Crippen molar-refractivity contribution in [1.82, 2.24) is 0 Å². The van der Waals surface area contributed by atoms with Gasteiger partial charge in [0.2, 0.25) is 0 Å². The minimum Gasteiger partial charge on any atom is -0.466 e. The zero-order valence-corrected chi connectivity index (χ0v) is 19.1. The number of allylic oxidation sites excluding steroid dienone is 1. The van der Waals surface area contributed by atoms with E-state index in [2.05, 4.69) is 62.6 Å². The molecule has 1 unspecified atom stereocenters. The highest BCUT2D eigenvalue weighted by atomic mass is 79.9. The molecule has 0 aromatic rings. The third-order valence-electron chi connectivity index (χ3n) is 3.79. The minimum absolute atomic E-state index is 0.0932. The van der Waals surface area contributed by atoms with Gasteiger partial charge >= 0.3 is 11.6 Å². The van der Waals surface area contributed by atoms with E-state index in [1.807, 2.05) is 6.08 Å². The molecule has 0 saturated carbocycles. The van der Waals surface area contributed by atoms with Crippen LogP contribution in [0.3, 0.4) is 0 Å². The zero-order chi connectivity index (χ0) is 20.9. The molecule has 4 nitrogen and oxygen atoms in total. The van der Waals surface area contributed by atoms with E-state index in [1.165, 1.54) is 0 Å². The molecule has 0 spiro atoms. The minimum atomic E-state index is -1.27. The van der Waals surface area contributed by atoms with Crippen molar-refractivity contribution in [2.45, 2.75) is 57.9 Å². The number of rotatable bonds is 4. The van der Waals surface area contributed by atoms with Crippen LogP contribution in [0.15, 0.2) is 11.6 Å². The van der Waals surface area contributed by atoms with Crippen molar-refractivity contribution in [2.24, 2.45) is 5.92 Å². The summed E-state index contributed by atoms with van der Waals surface area (Å²) >= 11 is 3.25. The van der Waals surface area contributed by atoms with Crippen LogP contribution in [0, 0.1) is 42.9 Å². The molecule has 1 aliphatic carbocycles. The molecule has 1 atom stereocenters. The van der Waals surface area contributed by atoms with Gasteiger partial charge in [-0.05, 0) is 26.2 Å². The van der Waals surface area contributed by atoms with Crippen LogP contribution in [0.25, 0.3) is 9.69 Å². The van der Waals surface area contributed by atoms with Crippen LogP contribution < -0.4 is 0 Å². The maximum atomic E-state index is 11.6. The molecular formula is C21H27BrN2O2Si. The summed E-state index contributed by atoms with van der Waals surface area (Å²) in [7, 11) is -1.07. The van der Waals surface area contributed by atoms with Gasteiger partial charge in [0.1, 0.15) is 8.07 Å². The first-order valence-corrected chi connectivity index (χ1v) is 13.4. The molecular weight excluding hydrogens is 420 g/mol. The number of terminal acetylenes is 1. The first-order chi connectivity index (χ1) is 12.7.